The van der Waals surface area contributed by atoms with Crippen LogP contribution in [0.3, 0.4) is 0 Å². The fourth-order valence-electron chi connectivity index (χ4n) is 2.19. The quantitative estimate of drug-likeness (QED) is 0.872. The summed E-state index contributed by atoms with van der Waals surface area (Å²) in [5.41, 5.74) is 0.536. The van der Waals surface area contributed by atoms with Crippen LogP contribution in [0.2, 0.25) is 0 Å². The molecular weight excluding hydrogens is 314 g/mol. The molecule has 0 unspecified atom stereocenters. The van der Waals surface area contributed by atoms with Crippen molar-refractivity contribution in [1.82, 2.24) is 9.55 Å². The number of aryl methyl sites for hydroxylation is 2. The molecule has 2 rings (SSSR count). The Morgan fingerprint density at radius 2 is 2.09 bits per heavy atom. The zero-order valence-corrected chi connectivity index (χ0v) is 12.5. The maximum absolute atomic E-state index is 13.6. The Morgan fingerprint density at radius 3 is 2.65 bits per heavy atom. The molecule has 0 spiro atoms. The number of amides is 1. The van der Waals surface area contributed by atoms with E-state index in [1.165, 1.54) is 36.1 Å². The Morgan fingerprint density at radius 1 is 1.39 bits per heavy atom. The number of nitrogens with zero attached hydrogens (tertiary/aromatic N) is 2. The van der Waals surface area contributed by atoms with Crippen LogP contribution < -0.4 is 5.32 Å². The first-order chi connectivity index (χ1) is 10.7. The van der Waals surface area contributed by atoms with Crippen molar-refractivity contribution in [3.05, 3.63) is 47.8 Å². The second kappa shape index (κ2) is 6.39. The average molecular weight is 329 g/mol. The molecule has 0 saturated carbocycles. The second-order valence-corrected chi connectivity index (χ2v) is 5.23. The molecule has 0 fully saturated rings. The van der Waals surface area contributed by atoms with E-state index in [9.17, 15) is 22.4 Å². The van der Waals surface area contributed by atoms with Gasteiger partial charge in [-0.25, -0.2) is 9.37 Å². The summed E-state index contributed by atoms with van der Waals surface area (Å²) in [7, 11) is 1.42. The monoisotopic (exact) mass is 329 g/mol. The van der Waals surface area contributed by atoms with Gasteiger partial charge in [-0.1, -0.05) is 6.07 Å². The predicted molar refractivity (Wildman–Crippen MR) is 76.4 cm³/mol. The van der Waals surface area contributed by atoms with Crippen molar-refractivity contribution < 1.29 is 22.4 Å². The van der Waals surface area contributed by atoms with E-state index < -0.39 is 30.2 Å². The van der Waals surface area contributed by atoms with E-state index in [0.717, 1.165) is 6.07 Å². The molecule has 0 aliphatic heterocycles. The van der Waals surface area contributed by atoms with Gasteiger partial charge in [0, 0.05) is 25.9 Å². The third-order valence-electron chi connectivity index (χ3n) is 3.35. The summed E-state index contributed by atoms with van der Waals surface area (Å²) >= 11 is 0. The van der Waals surface area contributed by atoms with Gasteiger partial charge >= 0.3 is 6.18 Å². The van der Waals surface area contributed by atoms with Gasteiger partial charge in [-0.15, -0.1) is 0 Å². The van der Waals surface area contributed by atoms with E-state index in [4.69, 9.17) is 0 Å². The Labute approximate surface area is 130 Å². The minimum absolute atomic E-state index is 0.143. The van der Waals surface area contributed by atoms with Gasteiger partial charge in [-0.3, -0.25) is 4.79 Å². The Kier molecular flexibility index (Phi) is 4.72. The van der Waals surface area contributed by atoms with Crippen LogP contribution in [-0.2, 0) is 11.8 Å². The lowest BCUT2D eigenvalue weighted by molar-refractivity contribution is -0.157. The van der Waals surface area contributed by atoms with Gasteiger partial charge in [0.1, 0.15) is 17.6 Å². The molecule has 1 aromatic carbocycles. The highest BCUT2D eigenvalue weighted by atomic mass is 19.4. The van der Waals surface area contributed by atoms with Gasteiger partial charge in [0.05, 0.1) is 5.69 Å². The van der Waals surface area contributed by atoms with Crippen molar-refractivity contribution >= 4 is 11.6 Å². The number of nitrogens with one attached hydrogen (secondary N) is 1. The molecule has 1 heterocycles. The average Bonchev–Trinajstić information content (AvgIpc) is 2.85. The van der Waals surface area contributed by atoms with Crippen molar-refractivity contribution in [2.24, 2.45) is 7.05 Å². The zero-order chi connectivity index (χ0) is 17.2. The van der Waals surface area contributed by atoms with Crippen LogP contribution in [0.4, 0.5) is 23.2 Å². The van der Waals surface area contributed by atoms with E-state index >= 15 is 0 Å². The van der Waals surface area contributed by atoms with E-state index in [0.29, 0.717) is 5.56 Å². The Hall–Kier alpha value is -2.38. The van der Waals surface area contributed by atoms with Crippen molar-refractivity contribution in [2.45, 2.75) is 25.4 Å². The fraction of sp³-hybridized carbons (Fsp3) is 0.333. The van der Waals surface area contributed by atoms with Crippen LogP contribution in [0.1, 0.15) is 23.7 Å². The summed E-state index contributed by atoms with van der Waals surface area (Å²) in [5.74, 6) is -3.96. The van der Waals surface area contributed by atoms with E-state index in [1.54, 1.807) is 6.92 Å². The maximum atomic E-state index is 13.6. The van der Waals surface area contributed by atoms with Crippen LogP contribution in [0.5, 0.6) is 0 Å². The number of rotatable bonds is 4. The first-order valence-corrected chi connectivity index (χ1v) is 6.78. The fourth-order valence-corrected chi connectivity index (χ4v) is 2.19. The SMILES string of the molecule is Cc1ccc(F)c(NC(=O)C[C@@H](c2nccn2C)C(F)(F)F)c1. The molecule has 0 radical (unpaired) electrons. The van der Waals surface area contributed by atoms with Crippen LogP contribution in [0, 0.1) is 12.7 Å². The standard InChI is InChI=1S/C15H15F4N3O/c1-9-3-4-11(16)12(7-9)21-13(23)8-10(15(17,18)19)14-20-5-6-22(14)2/h3-7,10H,8H2,1-2H3,(H,21,23)/t10-/m0/s1. The van der Waals surface area contributed by atoms with Crippen LogP contribution >= 0.6 is 0 Å². The Balaban J connectivity index is 2.19. The highest BCUT2D eigenvalue weighted by Gasteiger charge is 2.44. The number of hydrogen-bond acceptors (Lipinski definition) is 2. The number of hydrogen-bond donors (Lipinski definition) is 1. The highest BCUT2D eigenvalue weighted by molar-refractivity contribution is 5.91. The van der Waals surface area contributed by atoms with Crippen LogP contribution in [-0.4, -0.2) is 21.6 Å². The largest absolute Gasteiger partial charge is 0.399 e. The van der Waals surface area contributed by atoms with Gasteiger partial charge in [0.25, 0.3) is 0 Å². The molecule has 23 heavy (non-hydrogen) atoms. The lowest BCUT2D eigenvalue weighted by atomic mass is 10.0. The lowest BCUT2D eigenvalue weighted by Gasteiger charge is -2.19. The normalized spacial score (nSPS) is 13.0. The number of carbonyl (C=O) groups is 1. The number of alkyl halides is 3. The summed E-state index contributed by atoms with van der Waals surface area (Å²) < 4.78 is 54.4. The number of imidazole rings is 1. The summed E-state index contributed by atoms with van der Waals surface area (Å²) in [6.45, 7) is 1.68. The molecule has 1 amide bonds. The maximum Gasteiger partial charge on any atom is 0.399 e. The summed E-state index contributed by atoms with van der Waals surface area (Å²) in [5, 5.41) is 2.18. The third-order valence-corrected chi connectivity index (χ3v) is 3.35. The number of carbonyl (C=O) groups excluding carboxylic acids is 1. The third kappa shape index (κ3) is 4.08. The van der Waals surface area contributed by atoms with Gasteiger partial charge in [-0.2, -0.15) is 13.2 Å². The molecule has 1 N–H and O–H groups in total. The zero-order valence-electron chi connectivity index (χ0n) is 12.5. The van der Waals surface area contributed by atoms with Crippen molar-refractivity contribution in [3.8, 4) is 0 Å². The van der Waals surface area contributed by atoms with E-state index in [2.05, 4.69) is 10.3 Å². The highest BCUT2D eigenvalue weighted by Crippen LogP contribution is 2.36. The molecule has 1 aromatic heterocycles. The second-order valence-electron chi connectivity index (χ2n) is 5.23. The molecule has 8 heteroatoms. The van der Waals surface area contributed by atoms with E-state index in [-0.39, 0.29) is 11.5 Å². The molecule has 2 aromatic rings. The molecule has 0 aliphatic carbocycles. The lowest BCUT2D eigenvalue weighted by Crippen LogP contribution is -2.28. The minimum atomic E-state index is -4.64. The van der Waals surface area contributed by atoms with E-state index in [1.807, 2.05) is 0 Å². The Bertz CT molecular complexity index is 709. The smallest absolute Gasteiger partial charge is 0.337 e. The minimum Gasteiger partial charge on any atom is -0.337 e. The summed E-state index contributed by atoms with van der Waals surface area (Å²) in [4.78, 5) is 15.6. The molecule has 0 saturated heterocycles. The van der Waals surface area contributed by atoms with Crippen LogP contribution in [0.15, 0.2) is 30.6 Å². The van der Waals surface area contributed by atoms with Crippen molar-refractivity contribution in [2.75, 3.05) is 5.32 Å². The molecule has 1 atom stereocenters. The van der Waals surface area contributed by atoms with Crippen molar-refractivity contribution in [3.63, 3.8) is 0 Å². The molecule has 4 nitrogen and oxygen atoms in total. The van der Waals surface area contributed by atoms with Crippen LogP contribution in [0.25, 0.3) is 0 Å². The number of benzene rings is 1. The predicted octanol–water partition coefficient (Wildman–Crippen LogP) is 3.54. The molecular formula is C15H15F4N3O. The van der Waals surface area contributed by atoms with Gasteiger partial charge < -0.3 is 9.88 Å². The number of halogens is 4. The van der Waals surface area contributed by atoms with Gasteiger partial charge in [0.2, 0.25) is 5.91 Å². The number of aromatic nitrogens is 2. The summed E-state index contributed by atoms with van der Waals surface area (Å²) in [6, 6.07) is 4.00. The topological polar surface area (TPSA) is 46.9 Å². The van der Waals surface area contributed by atoms with Crippen molar-refractivity contribution in [1.29, 1.82) is 0 Å². The molecule has 0 aliphatic rings. The van der Waals surface area contributed by atoms with Gasteiger partial charge in [-0.05, 0) is 24.6 Å². The van der Waals surface area contributed by atoms with Gasteiger partial charge in [0.15, 0.2) is 0 Å². The first-order valence-electron chi connectivity index (χ1n) is 6.78. The number of anilines is 1. The molecule has 0 bridgehead atoms. The first kappa shape index (κ1) is 17.0. The summed E-state index contributed by atoms with van der Waals surface area (Å²) in [6.07, 6.45) is -2.91. The molecule has 124 valence electrons.